The SMILES string of the molecule is CC(CC(=O)O)NC(=O)CNC(=O)c1c(Cl)cccc1[N+](=O)[O-]. The molecule has 1 atom stereocenters. The summed E-state index contributed by atoms with van der Waals surface area (Å²) < 4.78 is 0. The van der Waals surface area contributed by atoms with Gasteiger partial charge < -0.3 is 15.7 Å². The lowest BCUT2D eigenvalue weighted by Crippen LogP contribution is -2.41. The number of halogens is 1. The van der Waals surface area contributed by atoms with Crippen molar-refractivity contribution < 1.29 is 24.4 Å². The molecular formula is C13H14ClN3O6. The number of nitrogens with zero attached hydrogens (tertiary/aromatic N) is 1. The highest BCUT2D eigenvalue weighted by Gasteiger charge is 2.23. The van der Waals surface area contributed by atoms with Gasteiger partial charge in [0.2, 0.25) is 5.91 Å². The smallest absolute Gasteiger partial charge is 0.305 e. The number of hydrogen-bond donors (Lipinski definition) is 3. The van der Waals surface area contributed by atoms with Gasteiger partial charge in [0.15, 0.2) is 0 Å². The number of carboxylic acid groups (broad SMARTS) is 1. The van der Waals surface area contributed by atoms with Gasteiger partial charge >= 0.3 is 5.97 Å². The number of hydrogen-bond acceptors (Lipinski definition) is 5. The normalized spacial score (nSPS) is 11.4. The van der Waals surface area contributed by atoms with E-state index in [4.69, 9.17) is 16.7 Å². The average Bonchev–Trinajstić information content (AvgIpc) is 2.43. The summed E-state index contributed by atoms with van der Waals surface area (Å²) in [4.78, 5) is 44.2. The van der Waals surface area contributed by atoms with Crippen LogP contribution in [-0.2, 0) is 9.59 Å². The minimum Gasteiger partial charge on any atom is -0.481 e. The maximum Gasteiger partial charge on any atom is 0.305 e. The van der Waals surface area contributed by atoms with Gasteiger partial charge in [0.05, 0.1) is 22.9 Å². The maximum absolute atomic E-state index is 12.0. The Morgan fingerprint density at radius 1 is 1.39 bits per heavy atom. The average molecular weight is 344 g/mol. The first-order chi connectivity index (χ1) is 10.7. The Kier molecular flexibility index (Phi) is 6.46. The van der Waals surface area contributed by atoms with Crippen LogP contribution in [0.5, 0.6) is 0 Å². The molecule has 0 radical (unpaired) electrons. The topological polar surface area (TPSA) is 139 Å². The molecule has 23 heavy (non-hydrogen) atoms. The molecule has 0 saturated heterocycles. The standard InChI is InChI=1S/C13H14ClN3O6/c1-7(5-11(19)20)16-10(18)6-15-13(21)12-8(14)3-2-4-9(12)17(22)23/h2-4,7H,5-6H2,1H3,(H,15,21)(H,16,18)(H,19,20). The number of carbonyl (C=O) groups is 3. The van der Waals surface area contributed by atoms with E-state index in [1.54, 1.807) is 0 Å². The fourth-order valence-corrected chi connectivity index (χ4v) is 2.03. The highest BCUT2D eigenvalue weighted by atomic mass is 35.5. The van der Waals surface area contributed by atoms with Gasteiger partial charge in [-0.25, -0.2) is 0 Å². The first kappa shape index (κ1) is 18.4. The maximum atomic E-state index is 12.0. The van der Waals surface area contributed by atoms with E-state index in [-0.39, 0.29) is 17.0 Å². The fourth-order valence-electron chi connectivity index (χ4n) is 1.78. The van der Waals surface area contributed by atoms with Crippen LogP contribution < -0.4 is 10.6 Å². The summed E-state index contributed by atoms with van der Waals surface area (Å²) in [6, 6.07) is 3.15. The molecule has 0 heterocycles. The Morgan fingerprint density at radius 2 is 2.04 bits per heavy atom. The molecule has 0 aliphatic heterocycles. The first-order valence-corrected chi connectivity index (χ1v) is 6.82. The zero-order valence-electron chi connectivity index (χ0n) is 12.0. The monoisotopic (exact) mass is 343 g/mol. The van der Waals surface area contributed by atoms with Crippen molar-refractivity contribution in [1.82, 2.24) is 10.6 Å². The highest BCUT2D eigenvalue weighted by molar-refractivity contribution is 6.34. The van der Waals surface area contributed by atoms with Crippen LogP contribution in [0.4, 0.5) is 5.69 Å². The van der Waals surface area contributed by atoms with E-state index in [2.05, 4.69) is 10.6 Å². The Bertz CT molecular complexity index is 649. The summed E-state index contributed by atoms with van der Waals surface area (Å²) >= 11 is 5.79. The molecule has 0 aliphatic carbocycles. The molecule has 0 bridgehead atoms. The van der Waals surface area contributed by atoms with Gasteiger partial charge in [0, 0.05) is 12.1 Å². The second-order valence-corrected chi connectivity index (χ2v) is 5.05. The number of aliphatic carboxylic acids is 1. The quantitative estimate of drug-likeness (QED) is 0.497. The van der Waals surface area contributed by atoms with Crippen LogP contribution in [0, 0.1) is 10.1 Å². The van der Waals surface area contributed by atoms with Crippen molar-refractivity contribution in [3.63, 3.8) is 0 Å². The van der Waals surface area contributed by atoms with Crippen molar-refractivity contribution in [2.75, 3.05) is 6.54 Å². The van der Waals surface area contributed by atoms with Crippen molar-refractivity contribution >= 4 is 35.1 Å². The summed E-state index contributed by atoms with van der Waals surface area (Å²) in [5.41, 5.74) is -0.819. The molecule has 9 nitrogen and oxygen atoms in total. The lowest BCUT2D eigenvalue weighted by molar-refractivity contribution is -0.385. The number of nitro groups is 1. The molecule has 2 amide bonds. The molecule has 3 N–H and O–H groups in total. The van der Waals surface area contributed by atoms with Crippen molar-refractivity contribution in [3.05, 3.63) is 38.9 Å². The molecule has 0 aliphatic rings. The number of rotatable bonds is 7. The predicted molar refractivity (Wildman–Crippen MR) is 80.3 cm³/mol. The molecule has 1 aromatic carbocycles. The number of carbonyl (C=O) groups excluding carboxylic acids is 2. The summed E-state index contributed by atoms with van der Waals surface area (Å²) in [7, 11) is 0. The third-order valence-corrected chi connectivity index (χ3v) is 3.03. The van der Waals surface area contributed by atoms with Crippen molar-refractivity contribution in [3.8, 4) is 0 Å². The molecule has 0 fully saturated rings. The first-order valence-electron chi connectivity index (χ1n) is 6.44. The number of carboxylic acids is 1. The zero-order valence-corrected chi connectivity index (χ0v) is 12.8. The van der Waals surface area contributed by atoms with E-state index in [1.807, 2.05) is 0 Å². The Labute approximate surface area is 135 Å². The summed E-state index contributed by atoms with van der Waals surface area (Å²) in [5, 5.41) is 23.9. The molecule has 1 aromatic rings. The van der Waals surface area contributed by atoms with Crippen molar-refractivity contribution in [2.24, 2.45) is 0 Å². The molecule has 0 saturated carbocycles. The fraction of sp³-hybridized carbons (Fsp3) is 0.308. The second kappa shape index (κ2) is 8.08. The van der Waals surface area contributed by atoms with Crippen LogP contribution in [0.1, 0.15) is 23.7 Å². The van der Waals surface area contributed by atoms with E-state index >= 15 is 0 Å². The van der Waals surface area contributed by atoms with Crippen molar-refractivity contribution in [2.45, 2.75) is 19.4 Å². The van der Waals surface area contributed by atoms with Gasteiger partial charge in [-0.05, 0) is 13.0 Å². The lowest BCUT2D eigenvalue weighted by atomic mass is 10.1. The van der Waals surface area contributed by atoms with Crippen LogP contribution >= 0.6 is 11.6 Å². The minimum atomic E-state index is -1.08. The van der Waals surface area contributed by atoms with Crippen LogP contribution in [-0.4, -0.2) is 40.4 Å². The summed E-state index contributed by atoms with van der Waals surface area (Å²) in [6.45, 7) is 1.03. The molecule has 1 unspecified atom stereocenters. The van der Waals surface area contributed by atoms with Crippen molar-refractivity contribution in [1.29, 1.82) is 0 Å². The summed E-state index contributed by atoms with van der Waals surface area (Å²) in [6.07, 6.45) is -0.268. The lowest BCUT2D eigenvalue weighted by Gasteiger charge is -2.12. The number of amides is 2. The molecule has 10 heteroatoms. The largest absolute Gasteiger partial charge is 0.481 e. The van der Waals surface area contributed by atoms with E-state index < -0.39 is 41.0 Å². The van der Waals surface area contributed by atoms with E-state index in [0.717, 1.165) is 6.07 Å². The van der Waals surface area contributed by atoms with Gasteiger partial charge in [0.25, 0.3) is 11.6 Å². The molecule has 124 valence electrons. The van der Waals surface area contributed by atoms with E-state index in [1.165, 1.54) is 19.1 Å². The summed E-state index contributed by atoms with van der Waals surface area (Å²) in [5.74, 6) is -2.57. The molecular weight excluding hydrogens is 330 g/mol. The Morgan fingerprint density at radius 3 is 2.61 bits per heavy atom. The number of nitrogens with one attached hydrogen (secondary N) is 2. The van der Waals surface area contributed by atoms with Gasteiger partial charge in [0.1, 0.15) is 5.56 Å². The second-order valence-electron chi connectivity index (χ2n) is 4.64. The third-order valence-electron chi connectivity index (χ3n) is 2.71. The Balaban J connectivity index is 2.69. The zero-order chi connectivity index (χ0) is 17.6. The molecule has 1 rings (SSSR count). The molecule has 0 spiro atoms. The van der Waals surface area contributed by atoms with Gasteiger partial charge in [-0.1, -0.05) is 17.7 Å². The predicted octanol–water partition coefficient (Wildman–Crippen LogP) is 0.957. The van der Waals surface area contributed by atoms with Gasteiger partial charge in [-0.15, -0.1) is 0 Å². The van der Waals surface area contributed by atoms with E-state index in [9.17, 15) is 24.5 Å². The number of benzene rings is 1. The highest BCUT2D eigenvalue weighted by Crippen LogP contribution is 2.25. The van der Waals surface area contributed by atoms with Gasteiger partial charge in [-0.3, -0.25) is 24.5 Å². The van der Waals surface area contributed by atoms with Crippen LogP contribution in [0.3, 0.4) is 0 Å². The minimum absolute atomic E-state index is 0.114. The third kappa shape index (κ3) is 5.55. The van der Waals surface area contributed by atoms with Gasteiger partial charge in [-0.2, -0.15) is 0 Å². The Hall–Kier alpha value is -2.68. The van der Waals surface area contributed by atoms with Crippen LogP contribution in [0.25, 0.3) is 0 Å². The molecule has 0 aromatic heterocycles. The van der Waals surface area contributed by atoms with Crippen LogP contribution in [0.15, 0.2) is 18.2 Å². The number of nitro benzene ring substituents is 1. The van der Waals surface area contributed by atoms with E-state index in [0.29, 0.717) is 0 Å². The van der Waals surface area contributed by atoms with Crippen LogP contribution in [0.2, 0.25) is 5.02 Å².